The van der Waals surface area contributed by atoms with E-state index in [1.165, 1.54) is 18.4 Å². The fourth-order valence-corrected chi connectivity index (χ4v) is 3.66. The second-order valence-corrected chi connectivity index (χ2v) is 6.66. The number of rotatable bonds is 4. The summed E-state index contributed by atoms with van der Waals surface area (Å²) in [4.78, 5) is 24.5. The largest absolute Gasteiger partial charge is 0.465 e. The van der Waals surface area contributed by atoms with Crippen molar-refractivity contribution in [3.63, 3.8) is 0 Å². The Hall–Kier alpha value is -1.89. The van der Waals surface area contributed by atoms with Crippen LogP contribution in [0.4, 0.5) is 5.00 Å². The Morgan fingerprint density at radius 1 is 1.33 bits per heavy atom. The van der Waals surface area contributed by atoms with E-state index in [1.807, 2.05) is 17.5 Å². The Bertz CT molecular complexity index is 750. The van der Waals surface area contributed by atoms with Gasteiger partial charge in [-0.15, -0.1) is 11.3 Å². The van der Waals surface area contributed by atoms with Crippen LogP contribution < -0.4 is 5.32 Å². The highest BCUT2D eigenvalue weighted by atomic mass is 35.5. The maximum absolute atomic E-state index is 12.3. The van der Waals surface area contributed by atoms with E-state index in [1.54, 1.807) is 12.1 Å². The summed E-state index contributed by atoms with van der Waals surface area (Å²) in [5, 5.41) is 5.69. The van der Waals surface area contributed by atoms with Crippen molar-refractivity contribution in [3.8, 4) is 11.1 Å². The first kappa shape index (κ1) is 17.0. The third-order valence-corrected chi connectivity index (χ3v) is 4.94. The quantitative estimate of drug-likeness (QED) is 0.832. The zero-order chi connectivity index (χ0) is 17.1. The molecule has 24 heavy (non-hydrogen) atoms. The average Bonchev–Trinajstić information content (AvgIpc) is 3.24. The van der Waals surface area contributed by atoms with E-state index in [-0.39, 0.29) is 5.91 Å². The summed E-state index contributed by atoms with van der Waals surface area (Å²) in [5.74, 6) is -0.731. The van der Waals surface area contributed by atoms with Crippen LogP contribution in [0.5, 0.6) is 0 Å². The molecular formula is C17H16ClNO4S. The van der Waals surface area contributed by atoms with Gasteiger partial charge in [-0.25, -0.2) is 4.79 Å². The van der Waals surface area contributed by atoms with Gasteiger partial charge < -0.3 is 14.8 Å². The molecule has 0 bridgehead atoms. The van der Waals surface area contributed by atoms with Crippen molar-refractivity contribution in [2.45, 2.75) is 18.9 Å². The molecule has 3 rings (SSSR count). The van der Waals surface area contributed by atoms with Gasteiger partial charge in [-0.3, -0.25) is 4.79 Å². The highest BCUT2D eigenvalue weighted by molar-refractivity contribution is 7.15. The summed E-state index contributed by atoms with van der Waals surface area (Å²) in [7, 11) is 1.32. The van der Waals surface area contributed by atoms with Gasteiger partial charge in [0.2, 0.25) is 0 Å². The van der Waals surface area contributed by atoms with Gasteiger partial charge in [0.25, 0.3) is 5.91 Å². The van der Waals surface area contributed by atoms with Crippen LogP contribution in [0.15, 0.2) is 29.6 Å². The first-order valence-electron chi connectivity index (χ1n) is 7.48. The molecule has 1 aromatic carbocycles. The molecule has 0 saturated carbocycles. The molecule has 1 atom stereocenters. The third kappa shape index (κ3) is 3.45. The second kappa shape index (κ2) is 7.34. The molecule has 1 aromatic heterocycles. The Labute approximate surface area is 148 Å². The van der Waals surface area contributed by atoms with Crippen LogP contribution in [0.1, 0.15) is 23.2 Å². The van der Waals surface area contributed by atoms with Crippen molar-refractivity contribution in [1.82, 2.24) is 0 Å². The van der Waals surface area contributed by atoms with Crippen LogP contribution in [0, 0.1) is 0 Å². The lowest BCUT2D eigenvalue weighted by atomic mass is 10.0. The topological polar surface area (TPSA) is 64.6 Å². The minimum absolute atomic E-state index is 0.234. The fraction of sp³-hybridized carbons (Fsp3) is 0.294. The molecule has 0 radical (unpaired) electrons. The number of hydrogen-bond acceptors (Lipinski definition) is 5. The van der Waals surface area contributed by atoms with Crippen molar-refractivity contribution in [3.05, 3.63) is 40.2 Å². The number of thiophene rings is 1. The normalized spacial score (nSPS) is 16.8. The van der Waals surface area contributed by atoms with Gasteiger partial charge in [0.05, 0.1) is 7.11 Å². The number of anilines is 1. The van der Waals surface area contributed by atoms with E-state index in [0.29, 0.717) is 34.2 Å². The van der Waals surface area contributed by atoms with Crippen LogP contribution in [0.3, 0.4) is 0 Å². The highest BCUT2D eigenvalue weighted by Gasteiger charge is 2.27. The number of halogens is 1. The Morgan fingerprint density at radius 3 is 2.71 bits per heavy atom. The number of methoxy groups -OCH3 is 1. The van der Waals surface area contributed by atoms with E-state index in [2.05, 4.69) is 5.32 Å². The predicted octanol–water partition coefficient (Wildman–Crippen LogP) is 3.97. The number of benzene rings is 1. The van der Waals surface area contributed by atoms with Crippen LogP contribution in [0.25, 0.3) is 11.1 Å². The maximum Gasteiger partial charge on any atom is 0.341 e. The zero-order valence-electron chi connectivity index (χ0n) is 13.0. The lowest BCUT2D eigenvalue weighted by Gasteiger charge is -2.11. The lowest BCUT2D eigenvalue weighted by molar-refractivity contribution is -0.124. The summed E-state index contributed by atoms with van der Waals surface area (Å²) >= 11 is 7.20. The summed E-state index contributed by atoms with van der Waals surface area (Å²) in [6, 6.07) is 7.14. The van der Waals surface area contributed by atoms with E-state index < -0.39 is 12.1 Å². The number of amides is 1. The molecular weight excluding hydrogens is 350 g/mol. The molecule has 126 valence electrons. The minimum Gasteiger partial charge on any atom is -0.465 e. The van der Waals surface area contributed by atoms with Gasteiger partial charge in [0.1, 0.15) is 16.7 Å². The Kier molecular flexibility index (Phi) is 5.18. The van der Waals surface area contributed by atoms with Crippen molar-refractivity contribution in [2.75, 3.05) is 19.0 Å². The van der Waals surface area contributed by atoms with E-state index in [0.717, 1.165) is 12.0 Å². The standard InChI is InChI=1S/C17H16ClNO4S/c1-22-17(21)14-12(10-4-6-11(18)7-5-10)9-24-16(14)19-15(20)13-3-2-8-23-13/h4-7,9,13H,2-3,8H2,1H3,(H,19,20). The molecule has 7 heteroatoms. The molecule has 0 aliphatic carbocycles. The molecule has 2 aromatic rings. The van der Waals surface area contributed by atoms with Gasteiger partial charge in [-0.2, -0.15) is 0 Å². The average molecular weight is 366 g/mol. The molecule has 1 fully saturated rings. The van der Waals surface area contributed by atoms with Gasteiger partial charge in [0, 0.05) is 22.6 Å². The lowest BCUT2D eigenvalue weighted by Crippen LogP contribution is -2.27. The van der Waals surface area contributed by atoms with Crippen LogP contribution in [0.2, 0.25) is 5.02 Å². The van der Waals surface area contributed by atoms with Gasteiger partial charge in [-0.05, 0) is 30.5 Å². The molecule has 5 nitrogen and oxygen atoms in total. The second-order valence-electron chi connectivity index (χ2n) is 5.34. The number of nitrogens with one attached hydrogen (secondary N) is 1. The van der Waals surface area contributed by atoms with Gasteiger partial charge in [-0.1, -0.05) is 23.7 Å². The van der Waals surface area contributed by atoms with Crippen LogP contribution >= 0.6 is 22.9 Å². The summed E-state index contributed by atoms with van der Waals surface area (Å²) in [6.07, 6.45) is 1.09. The van der Waals surface area contributed by atoms with Gasteiger partial charge in [0.15, 0.2) is 0 Å². The SMILES string of the molecule is COC(=O)c1c(-c2ccc(Cl)cc2)csc1NC(=O)C1CCCO1. The van der Waals surface area contributed by atoms with E-state index in [9.17, 15) is 9.59 Å². The summed E-state index contributed by atoms with van der Waals surface area (Å²) in [6.45, 7) is 0.586. The number of ether oxygens (including phenoxy) is 2. The number of esters is 1. The number of hydrogen-bond donors (Lipinski definition) is 1. The third-order valence-electron chi connectivity index (χ3n) is 3.79. The monoisotopic (exact) mass is 365 g/mol. The first-order valence-corrected chi connectivity index (χ1v) is 8.74. The highest BCUT2D eigenvalue weighted by Crippen LogP contribution is 2.36. The van der Waals surface area contributed by atoms with Crippen LogP contribution in [-0.4, -0.2) is 31.7 Å². The van der Waals surface area contributed by atoms with Crippen molar-refractivity contribution in [1.29, 1.82) is 0 Å². The molecule has 2 heterocycles. The molecule has 1 aliphatic rings. The Balaban J connectivity index is 1.93. The fourth-order valence-electron chi connectivity index (χ4n) is 2.57. The number of carbonyl (C=O) groups excluding carboxylic acids is 2. The zero-order valence-corrected chi connectivity index (χ0v) is 14.6. The smallest absolute Gasteiger partial charge is 0.341 e. The number of carbonyl (C=O) groups is 2. The molecule has 1 amide bonds. The molecule has 1 saturated heterocycles. The minimum atomic E-state index is -0.496. The maximum atomic E-state index is 12.3. The van der Waals surface area contributed by atoms with Crippen molar-refractivity contribution >= 4 is 39.8 Å². The van der Waals surface area contributed by atoms with Crippen molar-refractivity contribution < 1.29 is 19.1 Å². The summed E-state index contributed by atoms with van der Waals surface area (Å²) in [5.41, 5.74) is 1.87. The molecule has 1 aliphatic heterocycles. The first-order chi connectivity index (χ1) is 11.6. The Morgan fingerprint density at radius 2 is 2.08 bits per heavy atom. The molecule has 0 spiro atoms. The van der Waals surface area contributed by atoms with E-state index >= 15 is 0 Å². The summed E-state index contributed by atoms with van der Waals surface area (Å²) < 4.78 is 10.3. The van der Waals surface area contributed by atoms with Crippen LogP contribution in [-0.2, 0) is 14.3 Å². The van der Waals surface area contributed by atoms with Gasteiger partial charge >= 0.3 is 5.97 Å². The van der Waals surface area contributed by atoms with E-state index in [4.69, 9.17) is 21.1 Å². The molecule has 1 unspecified atom stereocenters. The van der Waals surface area contributed by atoms with Crippen molar-refractivity contribution in [2.24, 2.45) is 0 Å². The predicted molar refractivity (Wildman–Crippen MR) is 93.7 cm³/mol. The molecule has 1 N–H and O–H groups in total.